The average Bonchev–Trinajstić information content (AvgIpc) is 2.79. The quantitative estimate of drug-likeness (QED) is 0.823. The van der Waals surface area contributed by atoms with Gasteiger partial charge in [-0.3, -0.25) is 0 Å². The number of rotatable bonds is 1. The van der Waals surface area contributed by atoms with E-state index in [-0.39, 0.29) is 0 Å². The predicted molar refractivity (Wildman–Crippen MR) is 65.3 cm³/mol. The summed E-state index contributed by atoms with van der Waals surface area (Å²) in [5.74, 6) is 2.11. The first-order valence-electron chi connectivity index (χ1n) is 5.62. The minimum absolute atomic E-state index is 0.834. The van der Waals surface area contributed by atoms with Gasteiger partial charge in [-0.2, -0.15) is 0 Å². The summed E-state index contributed by atoms with van der Waals surface area (Å²) in [7, 11) is 0. The van der Waals surface area contributed by atoms with Crippen molar-refractivity contribution in [2.24, 2.45) is 0 Å². The lowest BCUT2D eigenvalue weighted by atomic mass is 10.2. The molecule has 1 aliphatic heterocycles. The molecule has 16 heavy (non-hydrogen) atoms. The van der Waals surface area contributed by atoms with Gasteiger partial charge in [0.15, 0.2) is 5.82 Å². The van der Waals surface area contributed by atoms with Crippen LogP contribution in [0.3, 0.4) is 0 Å². The Bertz CT molecular complexity index is 500. The molecule has 0 radical (unpaired) electrons. The van der Waals surface area contributed by atoms with E-state index < -0.39 is 0 Å². The molecule has 0 aromatic carbocycles. The number of anilines is 1. The Balaban J connectivity index is 2.05. The lowest BCUT2D eigenvalue weighted by Crippen LogP contribution is -2.02. The molecule has 5 heteroatoms. The molecule has 3 heterocycles. The molecule has 2 aromatic heterocycles. The third-order valence-electron chi connectivity index (χ3n) is 2.96. The van der Waals surface area contributed by atoms with Crippen molar-refractivity contribution in [3.63, 3.8) is 0 Å². The third-order valence-corrected chi connectivity index (χ3v) is 3.87. The molecule has 0 saturated heterocycles. The van der Waals surface area contributed by atoms with Crippen LogP contribution >= 0.6 is 11.3 Å². The van der Waals surface area contributed by atoms with Crippen molar-refractivity contribution < 1.29 is 0 Å². The van der Waals surface area contributed by atoms with Crippen molar-refractivity contribution >= 4 is 16.3 Å². The fraction of sp³-hybridized carbons (Fsp3) is 0.455. The maximum atomic E-state index is 5.75. The van der Waals surface area contributed by atoms with Crippen molar-refractivity contribution in [2.45, 2.75) is 32.2 Å². The number of aromatic nitrogens is 3. The zero-order valence-corrected chi connectivity index (χ0v) is 9.83. The first-order valence-corrected chi connectivity index (χ1v) is 6.44. The van der Waals surface area contributed by atoms with Crippen LogP contribution in [-0.2, 0) is 13.0 Å². The van der Waals surface area contributed by atoms with E-state index in [2.05, 4.69) is 14.8 Å². The number of fused-ring (bicyclic) bond motifs is 1. The van der Waals surface area contributed by atoms with Gasteiger partial charge in [0.2, 0.25) is 0 Å². The molecule has 0 atom stereocenters. The van der Waals surface area contributed by atoms with E-state index in [1.807, 2.05) is 12.1 Å². The van der Waals surface area contributed by atoms with Crippen LogP contribution in [0.5, 0.6) is 0 Å². The van der Waals surface area contributed by atoms with Crippen LogP contribution < -0.4 is 5.73 Å². The molecule has 0 fully saturated rings. The van der Waals surface area contributed by atoms with Gasteiger partial charge in [-0.05, 0) is 25.0 Å². The summed E-state index contributed by atoms with van der Waals surface area (Å²) >= 11 is 1.58. The second kappa shape index (κ2) is 3.90. The smallest absolute Gasteiger partial charge is 0.174 e. The highest BCUT2D eigenvalue weighted by molar-refractivity contribution is 7.19. The van der Waals surface area contributed by atoms with Gasteiger partial charge >= 0.3 is 0 Å². The minimum Gasteiger partial charge on any atom is -0.391 e. The summed E-state index contributed by atoms with van der Waals surface area (Å²) in [6.07, 6.45) is 4.78. The van der Waals surface area contributed by atoms with E-state index in [1.54, 1.807) is 11.3 Å². The molecular formula is C11H14N4S. The fourth-order valence-corrected chi connectivity index (χ4v) is 2.91. The highest BCUT2D eigenvalue weighted by atomic mass is 32.1. The Morgan fingerprint density at radius 2 is 2.12 bits per heavy atom. The molecule has 4 nitrogen and oxygen atoms in total. The molecule has 2 N–H and O–H groups in total. The zero-order valence-electron chi connectivity index (χ0n) is 9.02. The van der Waals surface area contributed by atoms with Crippen molar-refractivity contribution in [3.8, 4) is 10.7 Å². The Kier molecular flexibility index (Phi) is 2.40. The maximum absolute atomic E-state index is 5.75. The second-order valence-electron chi connectivity index (χ2n) is 4.10. The molecule has 2 aromatic rings. The highest BCUT2D eigenvalue weighted by Gasteiger charge is 2.16. The number of aryl methyl sites for hydroxylation is 1. The molecule has 84 valence electrons. The second-order valence-corrected chi connectivity index (χ2v) is 5.22. The van der Waals surface area contributed by atoms with E-state index in [9.17, 15) is 0 Å². The topological polar surface area (TPSA) is 56.7 Å². The van der Waals surface area contributed by atoms with Crippen LogP contribution in [0.25, 0.3) is 10.7 Å². The van der Waals surface area contributed by atoms with Crippen LogP contribution in [0.1, 0.15) is 25.1 Å². The van der Waals surface area contributed by atoms with Gasteiger partial charge in [-0.25, -0.2) is 0 Å². The molecule has 0 unspecified atom stereocenters. The number of nitrogens with two attached hydrogens (primary N) is 1. The molecule has 0 saturated carbocycles. The predicted octanol–water partition coefficient (Wildman–Crippen LogP) is 2.32. The van der Waals surface area contributed by atoms with Gasteiger partial charge in [0.1, 0.15) is 5.82 Å². The highest BCUT2D eigenvalue weighted by Crippen LogP contribution is 2.29. The molecule has 0 amide bonds. The van der Waals surface area contributed by atoms with Crippen molar-refractivity contribution in [1.82, 2.24) is 14.8 Å². The third kappa shape index (κ3) is 1.61. The van der Waals surface area contributed by atoms with Crippen LogP contribution in [0, 0.1) is 0 Å². The largest absolute Gasteiger partial charge is 0.391 e. The summed E-state index contributed by atoms with van der Waals surface area (Å²) < 4.78 is 2.25. The minimum atomic E-state index is 0.834. The molecule has 3 rings (SSSR count). The molecule has 0 spiro atoms. The fourth-order valence-electron chi connectivity index (χ4n) is 2.14. The number of nitrogen functional groups attached to an aromatic ring is 1. The molecule has 1 aliphatic rings. The first kappa shape index (κ1) is 9.84. The Labute approximate surface area is 98.1 Å². The van der Waals surface area contributed by atoms with Crippen LogP contribution in [0.2, 0.25) is 0 Å². The zero-order chi connectivity index (χ0) is 11.0. The number of nitrogens with zero attached hydrogens (tertiary/aromatic N) is 3. The first-order chi connectivity index (χ1) is 7.84. The summed E-state index contributed by atoms with van der Waals surface area (Å²) in [4.78, 5) is 1.12. The van der Waals surface area contributed by atoms with Crippen molar-refractivity contribution in [1.29, 1.82) is 0 Å². The molecular weight excluding hydrogens is 220 g/mol. The number of hydrogen-bond acceptors (Lipinski definition) is 4. The standard InChI is InChI=1S/C11H14N4S/c12-9-6-5-8(16-9)11-14-13-10-4-2-1-3-7-15(10)11/h5-6H,1-4,7,12H2. The van der Waals surface area contributed by atoms with E-state index >= 15 is 0 Å². The average molecular weight is 234 g/mol. The van der Waals surface area contributed by atoms with Crippen molar-refractivity contribution in [2.75, 3.05) is 5.73 Å². The number of thiophene rings is 1. The van der Waals surface area contributed by atoms with Crippen molar-refractivity contribution in [3.05, 3.63) is 18.0 Å². The van der Waals surface area contributed by atoms with Gasteiger partial charge in [0.25, 0.3) is 0 Å². The Morgan fingerprint density at radius 1 is 1.19 bits per heavy atom. The van der Waals surface area contributed by atoms with Gasteiger partial charge in [0, 0.05) is 13.0 Å². The summed E-state index contributed by atoms with van der Waals surface area (Å²) in [6.45, 7) is 1.04. The summed E-state index contributed by atoms with van der Waals surface area (Å²) in [5, 5.41) is 9.41. The molecule has 0 bridgehead atoms. The SMILES string of the molecule is Nc1ccc(-c2nnc3n2CCCCC3)s1. The van der Waals surface area contributed by atoms with Gasteiger partial charge in [0.05, 0.1) is 9.88 Å². The Hall–Kier alpha value is -1.36. The Morgan fingerprint density at radius 3 is 2.94 bits per heavy atom. The molecule has 0 aliphatic carbocycles. The summed E-state index contributed by atoms with van der Waals surface area (Å²) in [6, 6.07) is 3.96. The lowest BCUT2D eigenvalue weighted by Gasteiger charge is -2.04. The van der Waals surface area contributed by atoms with Gasteiger partial charge in [-0.1, -0.05) is 6.42 Å². The van der Waals surface area contributed by atoms with E-state index in [1.165, 1.54) is 19.3 Å². The summed E-state index contributed by atoms with van der Waals surface area (Å²) in [5.41, 5.74) is 5.75. The van der Waals surface area contributed by atoms with E-state index in [0.717, 1.165) is 34.5 Å². The van der Waals surface area contributed by atoms with Crippen LogP contribution in [0.4, 0.5) is 5.00 Å². The maximum Gasteiger partial charge on any atom is 0.174 e. The van der Waals surface area contributed by atoms with Crippen LogP contribution in [-0.4, -0.2) is 14.8 Å². The van der Waals surface area contributed by atoms with Gasteiger partial charge in [-0.15, -0.1) is 21.5 Å². The monoisotopic (exact) mass is 234 g/mol. The van der Waals surface area contributed by atoms with E-state index in [0.29, 0.717) is 0 Å². The van der Waals surface area contributed by atoms with Crippen LogP contribution in [0.15, 0.2) is 12.1 Å². The lowest BCUT2D eigenvalue weighted by molar-refractivity contribution is 0.637. The number of hydrogen-bond donors (Lipinski definition) is 1. The van der Waals surface area contributed by atoms with Gasteiger partial charge < -0.3 is 10.3 Å². The normalized spacial score (nSPS) is 15.8. The van der Waals surface area contributed by atoms with E-state index in [4.69, 9.17) is 5.73 Å².